The SMILES string of the molecule is CCOc1ccc(CC(=O)NC(C)(C)c2ccsc2)cc1S(=O)(=O)NC(=S)NC. The van der Waals surface area contributed by atoms with Gasteiger partial charge in [-0.1, -0.05) is 6.07 Å². The molecule has 0 bridgehead atoms. The zero-order chi connectivity index (χ0) is 21.7. The topological polar surface area (TPSA) is 96.5 Å². The Balaban J connectivity index is 2.25. The van der Waals surface area contributed by atoms with Crippen LogP contribution in [0.2, 0.25) is 0 Å². The van der Waals surface area contributed by atoms with Crippen LogP contribution in [0, 0.1) is 0 Å². The highest BCUT2D eigenvalue weighted by atomic mass is 32.2. The van der Waals surface area contributed by atoms with Crippen LogP contribution < -0.4 is 20.1 Å². The number of sulfonamides is 1. The Hall–Kier alpha value is -2.17. The van der Waals surface area contributed by atoms with Crippen LogP contribution in [0.15, 0.2) is 39.9 Å². The molecule has 7 nitrogen and oxygen atoms in total. The molecule has 0 aliphatic rings. The van der Waals surface area contributed by atoms with E-state index in [-0.39, 0.29) is 28.1 Å². The van der Waals surface area contributed by atoms with Crippen LogP contribution in [-0.4, -0.2) is 33.1 Å². The van der Waals surface area contributed by atoms with Gasteiger partial charge >= 0.3 is 0 Å². The molecular formula is C19H25N3O4S3. The summed E-state index contributed by atoms with van der Waals surface area (Å²) in [4.78, 5) is 12.5. The van der Waals surface area contributed by atoms with E-state index in [2.05, 4.69) is 15.4 Å². The van der Waals surface area contributed by atoms with E-state index in [1.54, 1.807) is 30.4 Å². The second-order valence-electron chi connectivity index (χ2n) is 6.76. The van der Waals surface area contributed by atoms with Crippen LogP contribution in [0.25, 0.3) is 0 Å². The zero-order valence-electron chi connectivity index (χ0n) is 16.7. The second-order valence-corrected chi connectivity index (χ2v) is 9.60. The highest BCUT2D eigenvalue weighted by Gasteiger charge is 2.25. The molecule has 0 aliphatic heterocycles. The summed E-state index contributed by atoms with van der Waals surface area (Å²) in [6.07, 6.45) is 0.0268. The number of nitrogens with one attached hydrogen (secondary N) is 3. The van der Waals surface area contributed by atoms with Crippen molar-refractivity contribution in [2.45, 2.75) is 37.6 Å². The minimum atomic E-state index is -3.96. The number of carbonyl (C=O) groups is 1. The standard InChI is InChI=1S/C19H25N3O4S3/c1-5-26-15-7-6-13(10-16(15)29(24,25)22-18(27)20-4)11-17(23)21-19(2,3)14-8-9-28-12-14/h6-10,12H,5,11H2,1-4H3,(H,21,23)(H2,20,22,27). The molecule has 2 rings (SSSR count). The van der Waals surface area contributed by atoms with E-state index in [4.69, 9.17) is 17.0 Å². The van der Waals surface area contributed by atoms with Gasteiger partial charge in [0.2, 0.25) is 5.91 Å². The number of hydrogen-bond donors (Lipinski definition) is 3. The smallest absolute Gasteiger partial charge is 0.267 e. The lowest BCUT2D eigenvalue weighted by atomic mass is 9.97. The van der Waals surface area contributed by atoms with Gasteiger partial charge in [0.1, 0.15) is 10.6 Å². The fourth-order valence-corrected chi connectivity index (χ4v) is 4.95. The summed E-state index contributed by atoms with van der Waals surface area (Å²) in [6, 6.07) is 6.62. The first-order chi connectivity index (χ1) is 13.6. The minimum absolute atomic E-state index is 0.0268. The first-order valence-corrected chi connectivity index (χ1v) is 11.8. The predicted octanol–water partition coefficient (Wildman–Crippen LogP) is 2.52. The maximum absolute atomic E-state index is 12.7. The van der Waals surface area contributed by atoms with Gasteiger partial charge in [0.05, 0.1) is 18.6 Å². The maximum Gasteiger partial charge on any atom is 0.267 e. The molecule has 0 aliphatic carbocycles. The average Bonchev–Trinajstić information content (AvgIpc) is 3.18. The van der Waals surface area contributed by atoms with Gasteiger partial charge in [-0.25, -0.2) is 8.42 Å². The van der Waals surface area contributed by atoms with Crippen LogP contribution in [0.5, 0.6) is 5.75 Å². The molecule has 0 spiro atoms. The summed E-state index contributed by atoms with van der Waals surface area (Å²) in [5.74, 6) is -0.0194. The van der Waals surface area contributed by atoms with E-state index < -0.39 is 15.6 Å². The summed E-state index contributed by atoms with van der Waals surface area (Å²) in [6.45, 7) is 5.90. The number of hydrogen-bond acceptors (Lipinski definition) is 6. The van der Waals surface area contributed by atoms with Crippen molar-refractivity contribution in [1.82, 2.24) is 15.4 Å². The van der Waals surface area contributed by atoms with Crippen LogP contribution in [0.1, 0.15) is 31.9 Å². The van der Waals surface area contributed by atoms with Crippen molar-refractivity contribution >= 4 is 44.6 Å². The highest BCUT2D eigenvalue weighted by molar-refractivity contribution is 7.92. The normalized spacial score (nSPS) is 11.6. The quantitative estimate of drug-likeness (QED) is 0.530. The molecule has 0 atom stereocenters. The second kappa shape index (κ2) is 9.55. The van der Waals surface area contributed by atoms with E-state index in [0.29, 0.717) is 12.2 Å². The van der Waals surface area contributed by atoms with Gasteiger partial charge in [0.15, 0.2) is 5.11 Å². The molecule has 1 amide bonds. The number of amides is 1. The number of thiocarbonyl (C=S) groups is 1. The van der Waals surface area contributed by atoms with Crippen LogP contribution in [0.4, 0.5) is 0 Å². The van der Waals surface area contributed by atoms with Gasteiger partial charge in [-0.05, 0) is 73.1 Å². The monoisotopic (exact) mass is 455 g/mol. The molecule has 10 heteroatoms. The molecule has 1 heterocycles. The summed E-state index contributed by atoms with van der Waals surface area (Å²) < 4.78 is 33.1. The zero-order valence-corrected chi connectivity index (χ0v) is 19.2. The van der Waals surface area contributed by atoms with Crippen molar-refractivity contribution in [1.29, 1.82) is 0 Å². The molecule has 29 heavy (non-hydrogen) atoms. The van der Waals surface area contributed by atoms with E-state index in [1.807, 2.05) is 30.7 Å². The minimum Gasteiger partial charge on any atom is -0.492 e. The molecule has 0 radical (unpaired) electrons. The molecule has 2 aromatic rings. The lowest BCUT2D eigenvalue weighted by Gasteiger charge is -2.25. The molecule has 3 N–H and O–H groups in total. The lowest BCUT2D eigenvalue weighted by Crippen LogP contribution is -2.41. The van der Waals surface area contributed by atoms with Gasteiger partial charge in [-0.3, -0.25) is 9.52 Å². The molecule has 0 fully saturated rings. The van der Waals surface area contributed by atoms with E-state index in [0.717, 1.165) is 5.56 Å². The van der Waals surface area contributed by atoms with Crippen LogP contribution >= 0.6 is 23.6 Å². The highest BCUT2D eigenvalue weighted by Crippen LogP contribution is 2.26. The molecule has 1 aromatic carbocycles. The number of carbonyl (C=O) groups excluding carboxylic acids is 1. The van der Waals surface area contributed by atoms with Crippen LogP contribution in [-0.2, 0) is 26.8 Å². The Morgan fingerprint density at radius 2 is 2.00 bits per heavy atom. The molecule has 1 aromatic heterocycles. The Bertz CT molecular complexity index is 971. The van der Waals surface area contributed by atoms with E-state index in [9.17, 15) is 13.2 Å². The Kier molecular flexibility index (Phi) is 7.61. The van der Waals surface area contributed by atoms with Crippen molar-refractivity contribution in [2.24, 2.45) is 0 Å². The van der Waals surface area contributed by atoms with Crippen molar-refractivity contribution in [3.8, 4) is 5.75 Å². The van der Waals surface area contributed by atoms with Gasteiger partial charge in [0.25, 0.3) is 10.0 Å². The first kappa shape index (κ1) is 23.1. The maximum atomic E-state index is 12.7. The molecule has 0 saturated heterocycles. The van der Waals surface area contributed by atoms with E-state index in [1.165, 1.54) is 13.1 Å². The summed E-state index contributed by atoms with van der Waals surface area (Å²) >= 11 is 6.47. The number of ether oxygens (including phenoxy) is 1. The third kappa shape index (κ3) is 6.15. The fraction of sp³-hybridized carbons (Fsp3) is 0.368. The number of benzene rings is 1. The lowest BCUT2D eigenvalue weighted by molar-refractivity contribution is -0.122. The third-order valence-electron chi connectivity index (χ3n) is 4.11. The van der Waals surface area contributed by atoms with Crippen molar-refractivity contribution < 1.29 is 17.9 Å². The average molecular weight is 456 g/mol. The van der Waals surface area contributed by atoms with E-state index >= 15 is 0 Å². The predicted molar refractivity (Wildman–Crippen MR) is 119 cm³/mol. The van der Waals surface area contributed by atoms with Gasteiger partial charge < -0.3 is 15.4 Å². The van der Waals surface area contributed by atoms with Crippen molar-refractivity contribution in [3.05, 3.63) is 46.2 Å². The van der Waals surface area contributed by atoms with Gasteiger partial charge in [-0.15, -0.1) is 0 Å². The largest absolute Gasteiger partial charge is 0.492 e. The van der Waals surface area contributed by atoms with Crippen LogP contribution in [0.3, 0.4) is 0 Å². The van der Waals surface area contributed by atoms with Crippen molar-refractivity contribution in [3.63, 3.8) is 0 Å². The third-order valence-corrected chi connectivity index (χ3v) is 6.60. The fourth-order valence-electron chi connectivity index (χ4n) is 2.65. The Labute approximate surface area is 180 Å². The molecule has 158 valence electrons. The first-order valence-electron chi connectivity index (χ1n) is 8.93. The molecule has 0 saturated carbocycles. The number of rotatable bonds is 8. The van der Waals surface area contributed by atoms with Gasteiger partial charge in [0, 0.05) is 7.05 Å². The number of thiophene rings is 1. The Morgan fingerprint density at radius 3 is 2.59 bits per heavy atom. The summed E-state index contributed by atoms with van der Waals surface area (Å²) in [5.41, 5.74) is 1.02. The molecule has 0 unspecified atom stereocenters. The summed E-state index contributed by atoms with van der Waals surface area (Å²) in [5, 5.41) is 9.46. The Morgan fingerprint density at radius 1 is 1.28 bits per heavy atom. The summed E-state index contributed by atoms with van der Waals surface area (Å²) in [7, 11) is -2.44. The molecular weight excluding hydrogens is 430 g/mol. The van der Waals surface area contributed by atoms with Gasteiger partial charge in [-0.2, -0.15) is 11.3 Å². The van der Waals surface area contributed by atoms with Crippen molar-refractivity contribution in [2.75, 3.05) is 13.7 Å².